The Balaban J connectivity index is 1.97. The average molecular weight is 408 g/mol. The van der Waals surface area contributed by atoms with Gasteiger partial charge in [-0.15, -0.1) is 0 Å². The fourth-order valence-corrected chi connectivity index (χ4v) is 4.29. The molecule has 0 N–H and O–H groups in total. The molecule has 0 saturated carbocycles. The number of anilines is 1. The topological polar surface area (TPSA) is 76.2 Å². The largest absolute Gasteiger partial charge is 0.497 e. The third-order valence-corrected chi connectivity index (χ3v) is 6.19. The molecule has 1 aliphatic heterocycles. The van der Waals surface area contributed by atoms with Gasteiger partial charge in [-0.3, -0.25) is 9.10 Å². The van der Waals surface area contributed by atoms with Gasteiger partial charge < -0.3 is 14.4 Å². The molecule has 9 heteroatoms. The lowest BCUT2D eigenvalue weighted by Gasteiger charge is -2.30. The van der Waals surface area contributed by atoms with E-state index >= 15 is 0 Å². The Labute approximate surface area is 163 Å². The van der Waals surface area contributed by atoms with E-state index in [0.29, 0.717) is 32.1 Å². The zero-order valence-corrected chi connectivity index (χ0v) is 16.2. The summed E-state index contributed by atoms with van der Waals surface area (Å²) in [5.74, 6) is -0.654. The maximum atomic E-state index is 14.4. The van der Waals surface area contributed by atoms with Crippen molar-refractivity contribution in [2.24, 2.45) is 0 Å². The summed E-state index contributed by atoms with van der Waals surface area (Å²) in [7, 11) is -2.71. The van der Waals surface area contributed by atoms with Crippen LogP contribution in [0, 0.1) is 5.82 Å². The van der Waals surface area contributed by atoms with Crippen LogP contribution in [-0.2, 0) is 19.6 Å². The lowest BCUT2D eigenvalue weighted by atomic mass is 10.3. The van der Waals surface area contributed by atoms with Crippen molar-refractivity contribution < 1.29 is 27.1 Å². The molecule has 0 bridgehead atoms. The third kappa shape index (κ3) is 4.26. The molecule has 1 fully saturated rings. The lowest BCUT2D eigenvalue weighted by molar-refractivity contribution is -0.133. The summed E-state index contributed by atoms with van der Waals surface area (Å²) in [5.41, 5.74) is -0.181. The van der Waals surface area contributed by atoms with E-state index in [0.717, 1.165) is 10.4 Å². The number of methoxy groups -OCH3 is 1. The van der Waals surface area contributed by atoms with Crippen LogP contribution < -0.4 is 9.04 Å². The SMILES string of the molecule is COc1ccc(S(=O)(=O)N(CC(=O)N2CCOCC2)c2ccccc2F)cc1. The molecule has 2 aromatic carbocycles. The van der Waals surface area contributed by atoms with E-state index in [1.807, 2.05) is 0 Å². The summed E-state index contributed by atoms with van der Waals surface area (Å²) >= 11 is 0. The molecule has 150 valence electrons. The van der Waals surface area contributed by atoms with Crippen LogP contribution in [0.4, 0.5) is 10.1 Å². The van der Waals surface area contributed by atoms with Crippen molar-refractivity contribution in [3.05, 3.63) is 54.3 Å². The van der Waals surface area contributed by atoms with E-state index in [4.69, 9.17) is 9.47 Å². The predicted molar refractivity (Wildman–Crippen MR) is 101 cm³/mol. The van der Waals surface area contributed by atoms with Gasteiger partial charge in [-0.25, -0.2) is 12.8 Å². The highest BCUT2D eigenvalue weighted by Gasteiger charge is 2.31. The molecule has 2 aromatic rings. The highest BCUT2D eigenvalue weighted by atomic mass is 32.2. The van der Waals surface area contributed by atoms with Gasteiger partial charge in [0.25, 0.3) is 10.0 Å². The van der Waals surface area contributed by atoms with Crippen LogP contribution in [0.15, 0.2) is 53.4 Å². The van der Waals surface area contributed by atoms with Gasteiger partial charge >= 0.3 is 0 Å². The maximum Gasteiger partial charge on any atom is 0.264 e. The average Bonchev–Trinajstić information content (AvgIpc) is 2.73. The summed E-state index contributed by atoms with van der Waals surface area (Å²) in [6.45, 7) is 1.00. The minimum atomic E-state index is -4.18. The number of para-hydroxylation sites is 1. The van der Waals surface area contributed by atoms with Crippen molar-refractivity contribution in [3.63, 3.8) is 0 Å². The van der Waals surface area contributed by atoms with E-state index in [1.54, 1.807) is 0 Å². The zero-order valence-electron chi connectivity index (χ0n) is 15.4. The summed E-state index contributed by atoms with van der Waals surface area (Å²) in [4.78, 5) is 14.1. The summed E-state index contributed by atoms with van der Waals surface area (Å²) in [6, 6.07) is 11.2. The number of hydrogen-bond acceptors (Lipinski definition) is 5. The number of carbonyl (C=O) groups excluding carboxylic acids is 1. The van der Waals surface area contributed by atoms with Crippen LogP contribution in [0.3, 0.4) is 0 Å². The Morgan fingerprint density at radius 1 is 1.14 bits per heavy atom. The molecule has 0 atom stereocenters. The number of hydrogen-bond donors (Lipinski definition) is 0. The molecule has 1 amide bonds. The first-order valence-electron chi connectivity index (χ1n) is 8.70. The Bertz CT molecular complexity index is 928. The second-order valence-corrected chi connectivity index (χ2v) is 7.99. The summed E-state index contributed by atoms with van der Waals surface area (Å²) in [6.07, 6.45) is 0. The summed E-state index contributed by atoms with van der Waals surface area (Å²) in [5, 5.41) is 0. The number of rotatable bonds is 6. The molecule has 1 aliphatic rings. The standard InChI is InChI=1S/C19H21FN2O5S/c1-26-15-6-8-16(9-7-15)28(24,25)22(18-5-3-2-4-17(18)20)14-19(23)21-10-12-27-13-11-21/h2-9H,10-14H2,1H3. The van der Waals surface area contributed by atoms with Crippen molar-refractivity contribution in [1.29, 1.82) is 0 Å². The number of sulfonamides is 1. The smallest absolute Gasteiger partial charge is 0.264 e. The van der Waals surface area contributed by atoms with Gasteiger partial charge in [-0.2, -0.15) is 0 Å². The highest BCUT2D eigenvalue weighted by molar-refractivity contribution is 7.92. The normalized spacial score (nSPS) is 14.6. The van der Waals surface area contributed by atoms with E-state index in [-0.39, 0.29) is 10.6 Å². The first-order valence-corrected chi connectivity index (χ1v) is 10.1. The van der Waals surface area contributed by atoms with Crippen LogP contribution in [0.2, 0.25) is 0 Å². The predicted octanol–water partition coefficient (Wildman–Crippen LogP) is 1.89. The Morgan fingerprint density at radius 2 is 1.79 bits per heavy atom. The van der Waals surface area contributed by atoms with Crippen LogP contribution in [0.25, 0.3) is 0 Å². The molecule has 0 radical (unpaired) electrons. The van der Waals surface area contributed by atoms with Crippen molar-refractivity contribution >= 4 is 21.6 Å². The van der Waals surface area contributed by atoms with Gasteiger partial charge in [0, 0.05) is 13.1 Å². The van der Waals surface area contributed by atoms with Gasteiger partial charge in [-0.05, 0) is 36.4 Å². The zero-order chi connectivity index (χ0) is 20.1. The molecule has 1 heterocycles. The number of benzene rings is 2. The van der Waals surface area contributed by atoms with E-state index in [1.165, 1.54) is 54.5 Å². The maximum absolute atomic E-state index is 14.4. The second-order valence-electron chi connectivity index (χ2n) is 6.13. The lowest BCUT2D eigenvalue weighted by Crippen LogP contribution is -2.47. The number of nitrogens with zero attached hydrogens (tertiary/aromatic N) is 2. The van der Waals surface area contributed by atoms with Crippen molar-refractivity contribution in [2.45, 2.75) is 4.90 Å². The molecule has 1 saturated heterocycles. The molecule has 0 aromatic heterocycles. The first kappa shape index (κ1) is 20.1. The van der Waals surface area contributed by atoms with Gasteiger partial charge in [0.1, 0.15) is 18.1 Å². The summed E-state index contributed by atoms with van der Waals surface area (Å²) < 4.78 is 52.0. The van der Waals surface area contributed by atoms with Gasteiger partial charge in [0.05, 0.1) is 30.9 Å². The second kappa shape index (κ2) is 8.57. The van der Waals surface area contributed by atoms with Gasteiger partial charge in [-0.1, -0.05) is 12.1 Å². The Kier molecular flexibility index (Phi) is 6.15. The first-order chi connectivity index (χ1) is 13.4. The third-order valence-electron chi connectivity index (χ3n) is 4.41. The Morgan fingerprint density at radius 3 is 2.39 bits per heavy atom. The molecule has 0 aliphatic carbocycles. The number of carbonyl (C=O) groups is 1. The number of halogens is 1. The Hall–Kier alpha value is -2.65. The van der Waals surface area contributed by atoms with E-state index in [2.05, 4.69) is 0 Å². The molecule has 0 unspecified atom stereocenters. The molecule has 3 rings (SSSR count). The molecular formula is C19H21FN2O5S. The number of morpholine rings is 1. The quantitative estimate of drug-likeness (QED) is 0.730. The van der Waals surface area contributed by atoms with Crippen molar-refractivity contribution in [3.8, 4) is 5.75 Å². The van der Waals surface area contributed by atoms with E-state index < -0.39 is 28.3 Å². The molecule has 28 heavy (non-hydrogen) atoms. The van der Waals surface area contributed by atoms with Gasteiger partial charge in [0.2, 0.25) is 5.91 Å². The van der Waals surface area contributed by atoms with Crippen molar-refractivity contribution in [2.75, 3.05) is 44.3 Å². The fraction of sp³-hybridized carbons (Fsp3) is 0.316. The van der Waals surface area contributed by atoms with Crippen LogP contribution in [-0.4, -0.2) is 59.2 Å². The minimum Gasteiger partial charge on any atom is -0.497 e. The van der Waals surface area contributed by atoms with Crippen LogP contribution in [0.5, 0.6) is 5.75 Å². The molecular weight excluding hydrogens is 387 g/mol. The number of ether oxygens (including phenoxy) is 2. The van der Waals surface area contributed by atoms with Gasteiger partial charge in [0.15, 0.2) is 0 Å². The minimum absolute atomic E-state index is 0.0636. The molecule has 7 nitrogen and oxygen atoms in total. The van der Waals surface area contributed by atoms with E-state index in [9.17, 15) is 17.6 Å². The molecule has 0 spiro atoms. The fourth-order valence-electron chi connectivity index (χ4n) is 2.86. The van der Waals surface area contributed by atoms with Crippen LogP contribution in [0.1, 0.15) is 0 Å². The highest BCUT2D eigenvalue weighted by Crippen LogP contribution is 2.27. The van der Waals surface area contributed by atoms with Crippen molar-refractivity contribution in [1.82, 2.24) is 4.90 Å². The van der Waals surface area contributed by atoms with Crippen LogP contribution >= 0.6 is 0 Å². The number of amides is 1. The monoisotopic (exact) mass is 408 g/mol.